The Labute approximate surface area is 96.4 Å². The third-order valence-corrected chi connectivity index (χ3v) is 2.28. The van der Waals surface area contributed by atoms with Crippen molar-refractivity contribution in [3.05, 3.63) is 28.5 Å². The lowest BCUT2D eigenvalue weighted by Crippen LogP contribution is -2.09. The maximum atomic E-state index is 12.5. The van der Waals surface area contributed by atoms with Gasteiger partial charge in [0.25, 0.3) is 6.43 Å². The standard InChI is InChI=1S/C10H10ClF2NO2/c1-2-16-8(15)5-7-9(11)6(10(12)13)3-4-14-7/h3-4,10H,2,5H2,1H3. The summed E-state index contributed by atoms with van der Waals surface area (Å²) < 4.78 is 29.6. The molecule has 0 aliphatic carbocycles. The lowest BCUT2D eigenvalue weighted by Gasteiger charge is -2.07. The summed E-state index contributed by atoms with van der Waals surface area (Å²) in [6, 6.07) is 1.13. The molecule has 1 aromatic heterocycles. The molecular weight excluding hydrogens is 240 g/mol. The van der Waals surface area contributed by atoms with E-state index < -0.39 is 12.4 Å². The molecule has 16 heavy (non-hydrogen) atoms. The van der Waals surface area contributed by atoms with E-state index in [-0.39, 0.29) is 29.3 Å². The summed E-state index contributed by atoms with van der Waals surface area (Å²) in [4.78, 5) is 14.9. The SMILES string of the molecule is CCOC(=O)Cc1nccc(C(F)F)c1Cl. The first-order valence-electron chi connectivity index (χ1n) is 4.63. The molecule has 0 radical (unpaired) electrons. The van der Waals surface area contributed by atoms with E-state index in [9.17, 15) is 13.6 Å². The molecule has 1 rings (SSSR count). The van der Waals surface area contributed by atoms with Gasteiger partial charge in [0.2, 0.25) is 0 Å². The zero-order chi connectivity index (χ0) is 12.1. The van der Waals surface area contributed by atoms with Crippen LogP contribution in [0, 0.1) is 0 Å². The smallest absolute Gasteiger partial charge is 0.311 e. The summed E-state index contributed by atoms with van der Waals surface area (Å²) in [7, 11) is 0. The zero-order valence-electron chi connectivity index (χ0n) is 8.54. The minimum absolute atomic E-state index is 0.109. The molecule has 3 nitrogen and oxygen atoms in total. The van der Waals surface area contributed by atoms with Gasteiger partial charge in [0.1, 0.15) is 0 Å². The highest BCUT2D eigenvalue weighted by Crippen LogP contribution is 2.28. The summed E-state index contributed by atoms with van der Waals surface area (Å²) in [6.07, 6.45) is -1.69. The Bertz CT molecular complexity index is 385. The fraction of sp³-hybridized carbons (Fsp3) is 0.400. The number of alkyl halides is 2. The lowest BCUT2D eigenvalue weighted by atomic mass is 10.2. The van der Waals surface area contributed by atoms with Gasteiger partial charge in [-0.05, 0) is 13.0 Å². The van der Waals surface area contributed by atoms with Crippen LogP contribution in [-0.4, -0.2) is 17.6 Å². The van der Waals surface area contributed by atoms with E-state index in [2.05, 4.69) is 9.72 Å². The van der Waals surface area contributed by atoms with E-state index in [4.69, 9.17) is 11.6 Å². The average Bonchev–Trinajstić information content (AvgIpc) is 2.21. The summed E-state index contributed by atoms with van der Waals surface area (Å²) >= 11 is 5.70. The quantitative estimate of drug-likeness (QED) is 0.771. The highest BCUT2D eigenvalue weighted by Gasteiger charge is 2.17. The molecule has 1 aromatic rings. The number of carbonyl (C=O) groups is 1. The van der Waals surface area contributed by atoms with Crippen LogP contribution in [0.2, 0.25) is 5.02 Å². The predicted octanol–water partition coefficient (Wildman–Crippen LogP) is 2.78. The Kier molecular flexibility index (Phi) is 4.61. The van der Waals surface area contributed by atoms with Crippen LogP contribution in [0.5, 0.6) is 0 Å². The van der Waals surface area contributed by atoms with Crippen molar-refractivity contribution in [3.63, 3.8) is 0 Å². The molecule has 0 fully saturated rings. The van der Waals surface area contributed by atoms with Crippen molar-refractivity contribution in [1.29, 1.82) is 0 Å². The Morgan fingerprint density at radius 3 is 2.88 bits per heavy atom. The van der Waals surface area contributed by atoms with E-state index in [1.165, 1.54) is 6.20 Å². The van der Waals surface area contributed by atoms with Gasteiger partial charge in [0.15, 0.2) is 0 Å². The molecule has 0 amide bonds. The predicted molar refractivity (Wildman–Crippen MR) is 54.5 cm³/mol. The minimum Gasteiger partial charge on any atom is -0.466 e. The van der Waals surface area contributed by atoms with Crippen molar-refractivity contribution in [2.75, 3.05) is 6.61 Å². The van der Waals surface area contributed by atoms with Gasteiger partial charge in [-0.1, -0.05) is 11.6 Å². The fourth-order valence-electron chi connectivity index (χ4n) is 1.14. The number of carbonyl (C=O) groups excluding carboxylic acids is 1. The topological polar surface area (TPSA) is 39.2 Å². The van der Waals surface area contributed by atoms with E-state index in [0.717, 1.165) is 6.07 Å². The van der Waals surface area contributed by atoms with E-state index >= 15 is 0 Å². The van der Waals surface area contributed by atoms with Crippen molar-refractivity contribution >= 4 is 17.6 Å². The second kappa shape index (κ2) is 5.75. The van der Waals surface area contributed by atoms with Crippen LogP contribution in [0.1, 0.15) is 24.6 Å². The maximum Gasteiger partial charge on any atom is 0.311 e. The number of rotatable bonds is 4. The summed E-state index contributed by atoms with van der Waals surface area (Å²) in [5.74, 6) is -0.539. The Hall–Kier alpha value is -1.23. The minimum atomic E-state index is -2.68. The van der Waals surface area contributed by atoms with Gasteiger partial charge < -0.3 is 4.74 Å². The number of hydrogen-bond acceptors (Lipinski definition) is 3. The van der Waals surface area contributed by atoms with E-state index in [1.807, 2.05) is 0 Å². The molecule has 0 aliphatic rings. The second-order valence-corrected chi connectivity index (χ2v) is 3.32. The molecule has 1 heterocycles. The highest BCUT2D eigenvalue weighted by molar-refractivity contribution is 6.32. The molecule has 0 aromatic carbocycles. The molecule has 0 aliphatic heterocycles. The van der Waals surface area contributed by atoms with Gasteiger partial charge in [0, 0.05) is 11.8 Å². The molecule has 6 heteroatoms. The first-order valence-corrected chi connectivity index (χ1v) is 5.01. The van der Waals surface area contributed by atoms with Crippen LogP contribution < -0.4 is 0 Å². The molecular formula is C10H10ClF2NO2. The third kappa shape index (κ3) is 3.13. The number of pyridine rings is 1. The van der Waals surface area contributed by atoms with Crippen molar-refractivity contribution in [2.24, 2.45) is 0 Å². The number of hydrogen-bond donors (Lipinski definition) is 0. The van der Waals surface area contributed by atoms with Gasteiger partial charge in [-0.2, -0.15) is 0 Å². The molecule has 0 unspecified atom stereocenters. The number of esters is 1. The first-order chi connectivity index (χ1) is 7.56. The molecule has 0 saturated carbocycles. The van der Waals surface area contributed by atoms with Gasteiger partial charge >= 0.3 is 5.97 Å². The van der Waals surface area contributed by atoms with Gasteiger partial charge in [-0.3, -0.25) is 9.78 Å². The monoisotopic (exact) mass is 249 g/mol. The Balaban J connectivity index is 2.89. The average molecular weight is 250 g/mol. The Morgan fingerprint density at radius 2 is 2.31 bits per heavy atom. The van der Waals surface area contributed by atoms with Crippen LogP contribution in [0.15, 0.2) is 12.3 Å². The van der Waals surface area contributed by atoms with Crippen LogP contribution in [0.4, 0.5) is 8.78 Å². The summed E-state index contributed by atoms with van der Waals surface area (Å²) in [6.45, 7) is 1.88. The fourth-order valence-corrected chi connectivity index (χ4v) is 1.41. The molecule has 0 bridgehead atoms. The van der Waals surface area contributed by atoms with Gasteiger partial charge in [-0.15, -0.1) is 0 Å². The Morgan fingerprint density at radius 1 is 1.62 bits per heavy atom. The number of ether oxygens (including phenoxy) is 1. The van der Waals surface area contributed by atoms with Crippen LogP contribution in [0.25, 0.3) is 0 Å². The molecule has 0 saturated heterocycles. The number of aromatic nitrogens is 1. The van der Waals surface area contributed by atoms with Gasteiger partial charge in [0.05, 0.1) is 23.7 Å². The summed E-state index contributed by atoms with van der Waals surface area (Å²) in [5.41, 5.74) is -0.214. The molecule has 0 N–H and O–H groups in total. The van der Waals surface area contributed by atoms with Gasteiger partial charge in [-0.25, -0.2) is 8.78 Å². The maximum absolute atomic E-state index is 12.5. The zero-order valence-corrected chi connectivity index (χ0v) is 9.30. The largest absolute Gasteiger partial charge is 0.466 e. The van der Waals surface area contributed by atoms with Crippen LogP contribution in [-0.2, 0) is 16.0 Å². The molecule has 88 valence electrons. The van der Waals surface area contributed by atoms with Crippen molar-refractivity contribution in [3.8, 4) is 0 Å². The van der Waals surface area contributed by atoms with E-state index in [1.54, 1.807) is 6.92 Å². The van der Waals surface area contributed by atoms with Crippen molar-refractivity contribution in [1.82, 2.24) is 4.98 Å². The second-order valence-electron chi connectivity index (χ2n) is 2.94. The molecule has 0 spiro atoms. The number of nitrogens with zero attached hydrogens (tertiary/aromatic N) is 1. The van der Waals surface area contributed by atoms with Crippen LogP contribution >= 0.6 is 11.6 Å². The molecule has 0 atom stereocenters. The van der Waals surface area contributed by atoms with E-state index in [0.29, 0.717) is 0 Å². The summed E-state index contributed by atoms with van der Waals surface area (Å²) in [5, 5.41) is -0.175. The normalized spacial score (nSPS) is 10.6. The van der Waals surface area contributed by atoms with Crippen LogP contribution in [0.3, 0.4) is 0 Å². The van der Waals surface area contributed by atoms with Crippen molar-refractivity contribution < 1.29 is 18.3 Å². The third-order valence-electron chi connectivity index (χ3n) is 1.84. The van der Waals surface area contributed by atoms with Crippen molar-refractivity contribution in [2.45, 2.75) is 19.8 Å². The highest BCUT2D eigenvalue weighted by atomic mass is 35.5. The first kappa shape index (κ1) is 12.8. The lowest BCUT2D eigenvalue weighted by molar-refractivity contribution is -0.142. The number of halogens is 3.